The minimum absolute atomic E-state index is 0.259. The molecule has 1 rings (SSSR count). The van der Waals surface area contributed by atoms with Crippen molar-refractivity contribution in [2.24, 2.45) is 10.9 Å². The molecule has 0 bridgehead atoms. The molecule has 0 radical (unpaired) electrons. The Bertz CT molecular complexity index is 203. The molecule has 1 heterocycles. The minimum Gasteiger partial charge on any atom is -0.409 e. The van der Waals surface area contributed by atoms with E-state index >= 15 is 0 Å². The number of oxime groups is 1. The number of nitrogens with two attached hydrogens (primary N) is 1. The maximum atomic E-state index is 8.40. The number of amidine groups is 1. The molecule has 0 aromatic rings. The van der Waals surface area contributed by atoms with Crippen LogP contribution in [0.15, 0.2) is 5.16 Å². The van der Waals surface area contributed by atoms with E-state index in [1.54, 1.807) is 0 Å². The van der Waals surface area contributed by atoms with Gasteiger partial charge in [0.15, 0.2) is 5.84 Å². The van der Waals surface area contributed by atoms with Crippen molar-refractivity contribution in [2.45, 2.75) is 31.8 Å². The van der Waals surface area contributed by atoms with Crippen LogP contribution >= 0.6 is 0 Å². The van der Waals surface area contributed by atoms with E-state index in [9.17, 15) is 0 Å². The molecule has 1 unspecified atom stereocenters. The Morgan fingerprint density at radius 1 is 1.67 bits per heavy atom. The summed E-state index contributed by atoms with van der Waals surface area (Å²) in [5.41, 5.74) is 5.40. The number of hydrogen-bond donors (Lipinski definition) is 2. The van der Waals surface area contributed by atoms with Crippen LogP contribution in [0.25, 0.3) is 0 Å². The highest BCUT2D eigenvalue weighted by molar-refractivity contribution is 5.81. The quantitative estimate of drug-likeness (QED) is 0.295. The Balaban J connectivity index is 2.03. The number of nitrogens with zero attached hydrogens (tertiary/aromatic N) is 2. The second-order valence-electron chi connectivity index (χ2n) is 4.11. The van der Waals surface area contributed by atoms with E-state index in [2.05, 4.69) is 5.16 Å². The SMILES string of the molecule is CN(CCCC1CCCO1)CC(N)=NO. The van der Waals surface area contributed by atoms with Crippen molar-refractivity contribution < 1.29 is 9.94 Å². The zero-order chi connectivity index (χ0) is 11.1. The Morgan fingerprint density at radius 2 is 2.47 bits per heavy atom. The lowest BCUT2D eigenvalue weighted by Gasteiger charge is -2.16. The van der Waals surface area contributed by atoms with E-state index < -0.39 is 0 Å². The molecule has 1 fully saturated rings. The molecule has 1 aliphatic heterocycles. The lowest BCUT2D eigenvalue weighted by Crippen LogP contribution is -2.31. The summed E-state index contributed by atoms with van der Waals surface area (Å²) >= 11 is 0. The molecule has 1 atom stereocenters. The van der Waals surface area contributed by atoms with Crippen LogP contribution in [0.2, 0.25) is 0 Å². The Labute approximate surface area is 90.9 Å². The van der Waals surface area contributed by atoms with Gasteiger partial charge in [-0.3, -0.25) is 4.90 Å². The molecular formula is C10H21N3O2. The van der Waals surface area contributed by atoms with E-state index in [-0.39, 0.29) is 5.84 Å². The number of likely N-dealkylation sites (N-methyl/N-ethyl adjacent to an activating group) is 1. The topological polar surface area (TPSA) is 71.1 Å². The normalized spacial score (nSPS) is 22.5. The van der Waals surface area contributed by atoms with Gasteiger partial charge in [-0.25, -0.2) is 0 Å². The molecule has 3 N–H and O–H groups in total. The zero-order valence-corrected chi connectivity index (χ0v) is 9.35. The molecule has 5 heteroatoms. The Hall–Kier alpha value is -0.810. The summed E-state index contributed by atoms with van der Waals surface area (Å²) in [4.78, 5) is 2.05. The molecule has 0 spiro atoms. The van der Waals surface area contributed by atoms with Crippen LogP contribution < -0.4 is 5.73 Å². The number of hydrogen-bond acceptors (Lipinski definition) is 4. The smallest absolute Gasteiger partial charge is 0.153 e. The fraction of sp³-hybridized carbons (Fsp3) is 0.900. The molecular weight excluding hydrogens is 194 g/mol. The fourth-order valence-corrected chi connectivity index (χ4v) is 1.85. The van der Waals surface area contributed by atoms with Crippen LogP contribution in [-0.4, -0.2) is 48.8 Å². The summed E-state index contributed by atoms with van der Waals surface area (Å²) in [6, 6.07) is 0. The van der Waals surface area contributed by atoms with Crippen LogP contribution in [0.1, 0.15) is 25.7 Å². The van der Waals surface area contributed by atoms with Gasteiger partial charge in [0.25, 0.3) is 0 Å². The maximum Gasteiger partial charge on any atom is 0.153 e. The zero-order valence-electron chi connectivity index (χ0n) is 9.35. The van der Waals surface area contributed by atoms with Crippen LogP contribution in [0.4, 0.5) is 0 Å². The van der Waals surface area contributed by atoms with E-state index in [1.807, 2.05) is 11.9 Å². The molecule has 0 saturated carbocycles. The standard InChI is InChI=1S/C10H21N3O2/c1-13(8-10(11)12-14)6-2-4-9-5-3-7-15-9/h9,14H,2-8H2,1H3,(H2,11,12). The molecule has 5 nitrogen and oxygen atoms in total. The van der Waals surface area contributed by atoms with Gasteiger partial charge >= 0.3 is 0 Å². The predicted molar refractivity (Wildman–Crippen MR) is 59.1 cm³/mol. The minimum atomic E-state index is 0.259. The first-order chi connectivity index (χ1) is 7.22. The van der Waals surface area contributed by atoms with E-state index in [0.717, 1.165) is 26.0 Å². The molecule has 0 aliphatic carbocycles. The molecule has 88 valence electrons. The highest BCUT2D eigenvalue weighted by Gasteiger charge is 2.14. The molecule has 1 aliphatic rings. The summed E-state index contributed by atoms with van der Waals surface area (Å²) in [6.07, 6.45) is 5.07. The summed E-state index contributed by atoms with van der Waals surface area (Å²) in [7, 11) is 1.97. The van der Waals surface area contributed by atoms with Gasteiger partial charge in [-0.15, -0.1) is 0 Å². The second kappa shape index (κ2) is 6.63. The Kier molecular flexibility index (Phi) is 5.42. The first kappa shape index (κ1) is 12.3. The molecule has 0 aromatic carbocycles. The van der Waals surface area contributed by atoms with Crippen molar-refractivity contribution in [3.8, 4) is 0 Å². The van der Waals surface area contributed by atoms with Crippen molar-refractivity contribution in [1.29, 1.82) is 0 Å². The summed E-state index contributed by atoms with van der Waals surface area (Å²) in [6.45, 7) is 2.39. The Morgan fingerprint density at radius 3 is 3.07 bits per heavy atom. The van der Waals surface area contributed by atoms with Crippen LogP contribution in [0.3, 0.4) is 0 Å². The summed E-state index contributed by atoms with van der Waals surface area (Å²) in [5.74, 6) is 0.259. The third kappa shape index (κ3) is 4.99. The molecule has 15 heavy (non-hydrogen) atoms. The lowest BCUT2D eigenvalue weighted by atomic mass is 10.1. The monoisotopic (exact) mass is 215 g/mol. The highest BCUT2D eigenvalue weighted by Crippen LogP contribution is 2.16. The average molecular weight is 215 g/mol. The average Bonchev–Trinajstić information content (AvgIpc) is 2.70. The number of rotatable bonds is 6. The van der Waals surface area contributed by atoms with Gasteiger partial charge in [0.1, 0.15) is 0 Å². The van der Waals surface area contributed by atoms with E-state index in [0.29, 0.717) is 12.6 Å². The van der Waals surface area contributed by atoms with Gasteiger partial charge in [0.2, 0.25) is 0 Å². The molecule has 0 amide bonds. The van der Waals surface area contributed by atoms with Crippen molar-refractivity contribution in [2.75, 3.05) is 26.7 Å². The molecule has 0 aromatic heterocycles. The first-order valence-electron chi connectivity index (χ1n) is 5.49. The maximum absolute atomic E-state index is 8.40. The van der Waals surface area contributed by atoms with Gasteiger partial charge in [0.05, 0.1) is 12.6 Å². The van der Waals surface area contributed by atoms with Gasteiger partial charge in [-0.05, 0) is 39.3 Å². The van der Waals surface area contributed by atoms with Gasteiger partial charge in [-0.1, -0.05) is 5.16 Å². The van der Waals surface area contributed by atoms with Crippen LogP contribution in [-0.2, 0) is 4.74 Å². The third-order valence-corrected chi connectivity index (χ3v) is 2.65. The van der Waals surface area contributed by atoms with Crippen molar-refractivity contribution in [3.05, 3.63) is 0 Å². The predicted octanol–water partition coefficient (Wildman–Crippen LogP) is 0.624. The van der Waals surface area contributed by atoms with Crippen molar-refractivity contribution in [1.82, 2.24) is 4.90 Å². The van der Waals surface area contributed by atoms with E-state index in [1.165, 1.54) is 12.8 Å². The number of ether oxygens (including phenoxy) is 1. The van der Waals surface area contributed by atoms with Gasteiger partial charge in [0, 0.05) is 6.61 Å². The van der Waals surface area contributed by atoms with Crippen LogP contribution in [0, 0.1) is 0 Å². The molecule has 1 saturated heterocycles. The first-order valence-corrected chi connectivity index (χ1v) is 5.49. The fourth-order valence-electron chi connectivity index (χ4n) is 1.85. The summed E-state index contributed by atoms with van der Waals surface area (Å²) in [5, 5.41) is 11.3. The van der Waals surface area contributed by atoms with Gasteiger partial charge in [-0.2, -0.15) is 0 Å². The highest BCUT2D eigenvalue weighted by atomic mass is 16.5. The van der Waals surface area contributed by atoms with Gasteiger partial charge < -0.3 is 15.7 Å². The van der Waals surface area contributed by atoms with Crippen molar-refractivity contribution >= 4 is 5.84 Å². The third-order valence-electron chi connectivity index (χ3n) is 2.65. The summed E-state index contributed by atoms with van der Waals surface area (Å²) < 4.78 is 5.53. The lowest BCUT2D eigenvalue weighted by molar-refractivity contribution is 0.100. The van der Waals surface area contributed by atoms with Crippen molar-refractivity contribution in [3.63, 3.8) is 0 Å². The second-order valence-corrected chi connectivity index (χ2v) is 4.11. The van der Waals surface area contributed by atoms with Crippen LogP contribution in [0.5, 0.6) is 0 Å². The largest absolute Gasteiger partial charge is 0.409 e. The van der Waals surface area contributed by atoms with E-state index in [4.69, 9.17) is 15.7 Å².